The number of nitrogens with zero attached hydrogens (tertiary/aromatic N) is 1. The van der Waals surface area contributed by atoms with E-state index < -0.39 is 0 Å². The van der Waals surface area contributed by atoms with Gasteiger partial charge in [0, 0.05) is 4.90 Å². The van der Waals surface area contributed by atoms with Crippen molar-refractivity contribution in [2.45, 2.75) is 36.3 Å². The molecule has 0 aliphatic heterocycles. The van der Waals surface area contributed by atoms with Crippen molar-refractivity contribution in [2.75, 3.05) is 0 Å². The van der Waals surface area contributed by atoms with Crippen molar-refractivity contribution in [3.05, 3.63) is 30.3 Å². The molecule has 2 heteroatoms. The summed E-state index contributed by atoms with van der Waals surface area (Å²) in [5.41, 5.74) is 0. The Hall–Kier alpha value is -0.940. The SMILES string of the molecule is CCCC(C)(C#N)Sc1ccccc1. The van der Waals surface area contributed by atoms with Crippen molar-refractivity contribution in [2.24, 2.45) is 0 Å². The Morgan fingerprint density at radius 3 is 2.50 bits per heavy atom. The first-order chi connectivity index (χ1) is 6.70. The summed E-state index contributed by atoms with van der Waals surface area (Å²) in [5.74, 6) is 0. The average molecular weight is 205 g/mol. The topological polar surface area (TPSA) is 23.8 Å². The second kappa shape index (κ2) is 5.07. The lowest BCUT2D eigenvalue weighted by molar-refractivity contribution is 0.691. The summed E-state index contributed by atoms with van der Waals surface area (Å²) in [5, 5.41) is 9.11. The minimum atomic E-state index is -0.282. The van der Waals surface area contributed by atoms with Crippen LogP contribution in [0.1, 0.15) is 26.7 Å². The van der Waals surface area contributed by atoms with Crippen LogP contribution < -0.4 is 0 Å². The molecule has 1 rings (SSSR count). The summed E-state index contributed by atoms with van der Waals surface area (Å²) in [7, 11) is 0. The third-order valence-corrected chi connectivity index (χ3v) is 3.30. The Bertz CT molecular complexity index is 315. The summed E-state index contributed by atoms with van der Waals surface area (Å²) in [6.07, 6.45) is 1.98. The summed E-state index contributed by atoms with van der Waals surface area (Å²) >= 11 is 1.65. The van der Waals surface area contributed by atoms with Gasteiger partial charge in [-0.2, -0.15) is 5.26 Å². The highest BCUT2D eigenvalue weighted by molar-refractivity contribution is 8.00. The predicted molar refractivity (Wildman–Crippen MR) is 61.2 cm³/mol. The van der Waals surface area contributed by atoms with Crippen molar-refractivity contribution in [3.63, 3.8) is 0 Å². The fourth-order valence-electron chi connectivity index (χ4n) is 1.36. The van der Waals surface area contributed by atoms with E-state index in [1.54, 1.807) is 11.8 Å². The van der Waals surface area contributed by atoms with Crippen molar-refractivity contribution >= 4 is 11.8 Å². The predicted octanol–water partition coefficient (Wildman–Crippen LogP) is 3.86. The van der Waals surface area contributed by atoms with Crippen LogP contribution in [0, 0.1) is 11.3 Å². The van der Waals surface area contributed by atoms with Gasteiger partial charge < -0.3 is 0 Å². The van der Waals surface area contributed by atoms with E-state index in [-0.39, 0.29) is 4.75 Å². The smallest absolute Gasteiger partial charge is 0.104 e. The van der Waals surface area contributed by atoms with E-state index in [0.29, 0.717) is 0 Å². The van der Waals surface area contributed by atoms with Gasteiger partial charge in [0.15, 0.2) is 0 Å². The highest BCUT2D eigenvalue weighted by atomic mass is 32.2. The normalized spacial score (nSPS) is 14.4. The average Bonchev–Trinajstić information content (AvgIpc) is 2.20. The molecule has 0 saturated carbocycles. The minimum absolute atomic E-state index is 0.282. The number of rotatable bonds is 4. The van der Waals surface area contributed by atoms with Gasteiger partial charge in [-0.05, 0) is 25.5 Å². The van der Waals surface area contributed by atoms with Crippen LogP contribution in [0.3, 0.4) is 0 Å². The van der Waals surface area contributed by atoms with Gasteiger partial charge in [-0.3, -0.25) is 0 Å². The first-order valence-corrected chi connectivity index (χ1v) is 5.67. The number of hydrogen-bond donors (Lipinski definition) is 0. The van der Waals surface area contributed by atoms with Gasteiger partial charge in [0.25, 0.3) is 0 Å². The van der Waals surface area contributed by atoms with E-state index in [4.69, 9.17) is 5.26 Å². The Balaban J connectivity index is 2.72. The molecule has 0 bridgehead atoms. The molecule has 0 N–H and O–H groups in total. The molecule has 74 valence electrons. The summed E-state index contributed by atoms with van der Waals surface area (Å²) in [4.78, 5) is 1.17. The quantitative estimate of drug-likeness (QED) is 0.697. The van der Waals surface area contributed by atoms with E-state index in [9.17, 15) is 0 Å². The molecule has 0 heterocycles. The molecule has 0 fully saturated rings. The van der Waals surface area contributed by atoms with E-state index in [2.05, 4.69) is 25.1 Å². The molecule has 0 amide bonds. The summed E-state index contributed by atoms with van der Waals surface area (Å²) in [6.45, 7) is 4.12. The number of hydrogen-bond acceptors (Lipinski definition) is 2. The van der Waals surface area contributed by atoms with Crippen LogP contribution >= 0.6 is 11.8 Å². The molecule has 0 spiro atoms. The van der Waals surface area contributed by atoms with Gasteiger partial charge in [0.2, 0.25) is 0 Å². The highest BCUT2D eigenvalue weighted by Gasteiger charge is 2.23. The molecule has 0 aliphatic rings. The molecular weight excluding hydrogens is 190 g/mol. The number of thioether (sulfide) groups is 1. The monoisotopic (exact) mass is 205 g/mol. The van der Waals surface area contributed by atoms with Crippen molar-refractivity contribution in [1.82, 2.24) is 0 Å². The number of nitriles is 1. The third kappa shape index (κ3) is 3.08. The lowest BCUT2D eigenvalue weighted by Gasteiger charge is -2.19. The second-order valence-corrected chi connectivity index (χ2v) is 5.08. The molecule has 0 saturated heterocycles. The van der Waals surface area contributed by atoms with Gasteiger partial charge in [0.1, 0.15) is 4.75 Å². The maximum absolute atomic E-state index is 9.11. The fraction of sp³-hybridized carbons (Fsp3) is 0.417. The second-order valence-electron chi connectivity index (χ2n) is 3.51. The van der Waals surface area contributed by atoms with E-state index in [1.807, 2.05) is 25.1 Å². The van der Waals surface area contributed by atoms with E-state index in [0.717, 1.165) is 12.8 Å². The minimum Gasteiger partial charge on any atom is -0.197 e. The van der Waals surface area contributed by atoms with E-state index >= 15 is 0 Å². The standard InChI is InChI=1S/C12H15NS/c1-3-9-12(2,10-13)14-11-7-5-4-6-8-11/h4-8H,3,9H2,1-2H3. The van der Waals surface area contributed by atoms with Crippen LogP contribution in [0.15, 0.2) is 35.2 Å². The molecular formula is C12H15NS. The van der Waals surface area contributed by atoms with Crippen molar-refractivity contribution in [1.29, 1.82) is 5.26 Å². The molecule has 0 aromatic heterocycles. The molecule has 1 unspecified atom stereocenters. The van der Waals surface area contributed by atoms with Crippen molar-refractivity contribution < 1.29 is 0 Å². The van der Waals surface area contributed by atoms with Crippen LogP contribution in [0.5, 0.6) is 0 Å². The van der Waals surface area contributed by atoms with Gasteiger partial charge in [-0.15, -0.1) is 11.8 Å². The van der Waals surface area contributed by atoms with E-state index in [1.165, 1.54) is 4.90 Å². The maximum atomic E-state index is 9.11. The summed E-state index contributed by atoms with van der Waals surface area (Å²) in [6, 6.07) is 12.5. The first kappa shape index (κ1) is 11.1. The van der Waals surface area contributed by atoms with Crippen LogP contribution in [0.25, 0.3) is 0 Å². The zero-order chi connectivity index (χ0) is 10.4. The lowest BCUT2D eigenvalue weighted by Crippen LogP contribution is -2.16. The fourth-order valence-corrected chi connectivity index (χ4v) is 2.52. The first-order valence-electron chi connectivity index (χ1n) is 4.85. The molecule has 1 atom stereocenters. The largest absolute Gasteiger partial charge is 0.197 e. The Morgan fingerprint density at radius 2 is 2.00 bits per heavy atom. The Morgan fingerprint density at radius 1 is 1.36 bits per heavy atom. The van der Waals surface area contributed by atoms with Crippen LogP contribution in [0.2, 0.25) is 0 Å². The maximum Gasteiger partial charge on any atom is 0.104 e. The van der Waals surface area contributed by atoms with Crippen LogP contribution in [0.4, 0.5) is 0 Å². The van der Waals surface area contributed by atoms with Crippen molar-refractivity contribution in [3.8, 4) is 6.07 Å². The third-order valence-electron chi connectivity index (χ3n) is 2.05. The Kier molecular flexibility index (Phi) is 4.03. The Labute approximate surface area is 90.1 Å². The van der Waals surface area contributed by atoms with Gasteiger partial charge in [-0.1, -0.05) is 31.5 Å². The molecule has 0 aliphatic carbocycles. The van der Waals surface area contributed by atoms with Gasteiger partial charge >= 0.3 is 0 Å². The van der Waals surface area contributed by atoms with Crippen LogP contribution in [-0.4, -0.2) is 4.75 Å². The molecule has 14 heavy (non-hydrogen) atoms. The zero-order valence-electron chi connectivity index (χ0n) is 8.66. The number of benzene rings is 1. The highest BCUT2D eigenvalue weighted by Crippen LogP contribution is 2.35. The molecule has 1 aromatic carbocycles. The molecule has 1 aromatic rings. The van der Waals surface area contributed by atoms with Gasteiger partial charge in [0.05, 0.1) is 6.07 Å². The zero-order valence-corrected chi connectivity index (χ0v) is 9.47. The lowest BCUT2D eigenvalue weighted by atomic mass is 10.1. The van der Waals surface area contributed by atoms with Gasteiger partial charge in [-0.25, -0.2) is 0 Å². The van der Waals surface area contributed by atoms with Crippen LogP contribution in [-0.2, 0) is 0 Å². The summed E-state index contributed by atoms with van der Waals surface area (Å²) < 4.78 is -0.282. The molecule has 0 radical (unpaired) electrons. The molecule has 1 nitrogen and oxygen atoms in total.